The van der Waals surface area contributed by atoms with E-state index < -0.39 is 23.1 Å². The number of carbonyl (C=O) groups is 2. The van der Waals surface area contributed by atoms with Gasteiger partial charge in [-0.25, -0.2) is 4.79 Å². The standard InChI is InChI=1S/C21H29N3O4/c1-13(2)21(6,12-22-19(27)28-20(3,4)5)24-18(26)16-11-14-9-7-8-10-15(14)17(25)23-16/h7-11,13H,12H2,1-6H3,(H,22,27)(H,23,25)(H,24,26). The zero-order chi connectivity index (χ0) is 21.1. The lowest BCUT2D eigenvalue weighted by Crippen LogP contribution is -2.57. The number of alkyl carbamates (subject to hydrolysis) is 1. The monoisotopic (exact) mass is 387 g/mol. The minimum Gasteiger partial charge on any atom is -0.444 e. The van der Waals surface area contributed by atoms with Gasteiger partial charge in [-0.05, 0) is 51.1 Å². The van der Waals surface area contributed by atoms with E-state index in [1.165, 1.54) is 0 Å². The lowest BCUT2D eigenvalue weighted by atomic mass is 9.88. The summed E-state index contributed by atoms with van der Waals surface area (Å²) < 4.78 is 5.26. The molecule has 0 fully saturated rings. The van der Waals surface area contributed by atoms with E-state index in [0.29, 0.717) is 10.8 Å². The molecule has 0 aliphatic heterocycles. The second kappa shape index (κ2) is 8.04. The van der Waals surface area contributed by atoms with Crippen molar-refractivity contribution in [1.82, 2.24) is 15.6 Å². The zero-order valence-electron chi connectivity index (χ0n) is 17.3. The van der Waals surface area contributed by atoms with Gasteiger partial charge in [0.05, 0.1) is 5.54 Å². The second-order valence-corrected chi connectivity index (χ2v) is 8.48. The molecule has 152 valence electrons. The van der Waals surface area contributed by atoms with Crippen LogP contribution in [0.4, 0.5) is 4.79 Å². The maximum atomic E-state index is 12.8. The third kappa shape index (κ3) is 5.34. The quantitative estimate of drug-likeness (QED) is 0.733. The lowest BCUT2D eigenvalue weighted by Gasteiger charge is -2.35. The van der Waals surface area contributed by atoms with Crippen molar-refractivity contribution in [2.24, 2.45) is 5.92 Å². The predicted molar refractivity (Wildman–Crippen MR) is 110 cm³/mol. The fourth-order valence-corrected chi connectivity index (χ4v) is 2.62. The Morgan fingerprint density at radius 1 is 1.14 bits per heavy atom. The van der Waals surface area contributed by atoms with Crippen LogP contribution < -0.4 is 16.2 Å². The van der Waals surface area contributed by atoms with Gasteiger partial charge in [0.15, 0.2) is 0 Å². The summed E-state index contributed by atoms with van der Waals surface area (Å²) >= 11 is 0. The second-order valence-electron chi connectivity index (χ2n) is 8.48. The number of aromatic nitrogens is 1. The molecule has 1 atom stereocenters. The number of hydrogen-bond donors (Lipinski definition) is 3. The Balaban J connectivity index is 2.18. The van der Waals surface area contributed by atoms with Crippen molar-refractivity contribution in [3.8, 4) is 0 Å². The van der Waals surface area contributed by atoms with Gasteiger partial charge in [0.2, 0.25) is 0 Å². The number of H-pyrrole nitrogens is 1. The molecule has 3 N–H and O–H groups in total. The van der Waals surface area contributed by atoms with E-state index in [-0.39, 0.29) is 23.7 Å². The van der Waals surface area contributed by atoms with Crippen LogP contribution in [0.5, 0.6) is 0 Å². The molecule has 0 bridgehead atoms. The Kier molecular flexibility index (Phi) is 6.17. The summed E-state index contributed by atoms with van der Waals surface area (Å²) in [6.45, 7) is 11.3. The molecule has 7 nitrogen and oxygen atoms in total. The fraction of sp³-hybridized carbons (Fsp3) is 0.476. The molecular formula is C21H29N3O4. The van der Waals surface area contributed by atoms with Gasteiger partial charge < -0.3 is 20.4 Å². The number of aromatic amines is 1. The normalized spacial score (nSPS) is 13.8. The topological polar surface area (TPSA) is 100 Å². The molecule has 1 unspecified atom stereocenters. The molecule has 2 aromatic rings. The van der Waals surface area contributed by atoms with Crippen LogP contribution in [0.2, 0.25) is 0 Å². The van der Waals surface area contributed by atoms with E-state index in [1.807, 2.05) is 26.8 Å². The molecule has 0 aliphatic carbocycles. The van der Waals surface area contributed by atoms with Crippen molar-refractivity contribution in [2.45, 2.75) is 52.7 Å². The van der Waals surface area contributed by atoms with Crippen LogP contribution in [-0.2, 0) is 4.74 Å². The first kappa shape index (κ1) is 21.5. The van der Waals surface area contributed by atoms with E-state index in [2.05, 4.69) is 15.6 Å². The Hall–Kier alpha value is -2.83. The first-order valence-electron chi connectivity index (χ1n) is 9.33. The molecule has 2 rings (SSSR count). The van der Waals surface area contributed by atoms with E-state index in [4.69, 9.17) is 4.74 Å². The first-order valence-corrected chi connectivity index (χ1v) is 9.33. The molecule has 1 aromatic carbocycles. The predicted octanol–water partition coefficient (Wildman–Crippen LogP) is 3.20. The molecule has 1 aromatic heterocycles. The van der Waals surface area contributed by atoms with Crippen LogP contribution in [0.3, 0.4) is 0 Å². The number of amides is 2. The number of fused-ring (bicyclic) bond motifs is 1. The summed E-state index contributed by atoms with van der Waals surface area (Å²) in [4.78, 5) is 39.7. The highest BCUT2D eigenvalue weighted by molar-refractivity contribution is 5.96. The van der Waals surface area contributed by atoms with Gasteiger partial charge in [-0.1, -0.05) is 32.0 Å². The Labute approximate surface area is 164 Å². The number of carbonyl (C=O) groups excluding carboxylic acids is 2. The van der Waals surface area contributed by atoms with Crippen LogP contribution in [0.1, 0.15) is 52.0 Å². The largest absolute Gasteiger partial charge is 0.444 e. The zero-order valence-corrected chi connectivity index (χ0v) is 17.3. The Morgan fingerprint density at radius 2 is 1.79 bits per heavy atom. The third-order valence-electron chi connectivity index (χ3n) is 4.67. The summed E-state index contributed by atoms with van der Waals surface area (Å²) in [5.41, 5.74) is -1.49. The molecule has 0 saturated heterocycles. The molecule has 1 heterocycles. The van der Waals surface area contributed by atoms with E-state index in [1.54, 1.807) is 45.0 Å². The van der Waals surface area contributed by atoms with Crippen LogP contribution >= 0.6 is 0 Å². The number of benzene rings is 1. The van der Waals surface area contributed by atoms with E-state index >= 15 is 0 Å². The highest BCUT2D eigenvalue weighted by Gasteiger charge is 2.32. The van der Waals surface area contributed by atoms with Gasteiger partial charge in [-0.2, -0.15) is 0 Å². The van der Waals surface area contributed by atoms with Crippen molar-refractivity contribution in [3.63, 3.8) is 0 Å². The summed E-state index contributed by atoms with van der Waals surface area (Å²) in [5.74, 6) is -0.399. The average molecular weight is 387 g/mol. The van der Waals surface area contributed by atoms with Gasteiger partial charge in [-0.3, -0.25) is 9.59 Å². The van der Waals surface area contributed by atoms with Crippen LogP contribution in [-0.4, -0.2) is 34.7 Å². The smallest absolute Gasteiger partial charge is 0.407 e. The molecule has 7 heteroatoms. The van der Waals surface area contributed by atoms with Crippen LogP contribution in [0.25, 0.3) is 10.8 Å². The molecule has 0 aliphatic rings. The highest BCUT2D eigenvalue weighted by atomic mass is 16.6. The first-order chi connectivity index (χ1) is 12.9. The fourth-order valence-electron chi connectivity index (χ4n) is 2.62. The maximum absolute atomic E-state index is 12.8. The molecule has 0 radical (unpaired) electrons. The van der Waals surface area contributed by atoms with E-state index in [0.717, 1.165) is 0 Å². The van der Waals surface area contributed by atoms with Gasteiger partial charge >= 0.3 is 6.09 Å². The molecular weight excluding hydrogens is 358 g/mol. The van der Waals surface area contributed by atoms with Gasteiger partial charge in [0, 0.05) is 11.9 Å². The average Bonchev–Trinajstić information content (AvgIpc) is 2.58. The molecule has 0 saturated carbocycles. The highest BCUT2D eigenvalue weighted by Crippen LogP contribution is 2.18. The molecule has 0 spiro atoms. The SMILES string of the molecule is CC(C)C(C)(CNC(=O)OC(C)(C)C)NC(=O)c1cc2ccccc2c(=O)[nH]1. The Morgan fingerprint density at radius 3 is 2.39 bits per heavy atom. The molecule has 2 amide bonds. The number of hydrogen-bond acceptors (Lipinski definition) is 4. The number of pyridine rings is 1. The maximum Gasteiger partial charge on any atom is 0.407 e. The van der Waals surface area contributed by atoms with Crippen molar-refractivity contribution in [2.75, 3.05) is 6.54 Å². The van der Waals surface area contributed by atoms with Gasteiger partial charge in [0.25, 0.3) is 11.5 Å². The number of nitrogens with one attached hydrogen (secondary N) is 3. The lowest BCUT2D eigenvalue weighted by molar-refractivity contribution is 0.0497. The Bertz CT molecular complexity index is 927. The summed E-state index contributed by atoms with van der Waals surface area (Å²) in [6.07, 6.45) is -0.548. The van der Waals surface area contributed by atoms with Crippen LogP contribution in [0.15, 0.2) is 35.1 Å². The minimum atomic E-state index is -0.740. The number of rotatable bonds is 5. The third-order valence-corrected chi connectivity index (χ3v) is 4.67. The van der Waals surface area contributed by atoms with Crippen molar-refractivity contribution < 1.29 is 14.3 Å². The van der Waals surface area contributed by atoms with Gasteiger partial charge in [-0.15, -0.1) is 0 Å². The van der Waals surface area contributed by atoms with Crippen molar-refractivity contribution in [1.29, 1.82) is 0 Å². The number of ether oxygens (including phenoxy) is 1. The summed E-state index contributed by atoms with van der Waals surface area (Å²) in [5, 5.41) is 6.87. The summed E-state index contributed by atoms with van der Waals surface area (Å²) in [7, 11) is 0. The van der Waals surface area contributed by atoms with E-state index in [9.17, 15) is 14.4 Å². The van der Waals surface area contributed by atoms with Crippen molar-refractivity contribution in [3.05, 3.63) is 46.4 Å². The summed E-state index contributed by atoms with van der Waals surface area (Å²) in [6, 6.07) is 8.72. The van der Waals surface area contributed by atoms with Gasteiger partial charge in [0.1, 0.15) is 11.3 Å². The van der Waals surface area contributed by atoms with Crippen molar-refractivity contribution >= 4 is 22.8 Å². The minimum absolute atomic E-state index is 0.0126. The van der Waals surface area contributed by atoms with Crippen LogP contribution in [0, 0.1) is 5.92 Å². The molecule has 28 heavy (non-hydrogen) atoms.